The highest BCUT2D eigenvalue weighted by atomic mass is 35.5. The summed E-state index contributed by atoms with van der Waals surface area (Å²) in [6, 6.07) is 17.7. The highest BCUT2D eigenvalue weighted by Gasteiger charge is 2.52. The van der Waals surface area contributed by atoms with Crippen LogP contribution in [0.2, 0.25) is 5.15 Å². The summed E-state index contributed by atoms with van der Waals surface area (Å²) in [5.41, 5.74) is 4.06. The van der Waals surface area contributed by atoms with Gasteiger partial charge in [-0.25, -0.2) is 14.2 Å². The zero-order valence-electron chi connectivity index (χ0n) is 21.8. The monoisotopic (exact) mass is 534 g/mol. The van der Waals surface area contributed by atoms with Gasteiger partial charge in [0.2, 0.25) is 0 Å². The summed E-state index contributed by atoms with van der Waals surface area (Å²) in [5.74, 6) is -0.608. The topological polar surface area (TPSA) is 69.7 Å². The molecule has 1 fully saturated rings. The Hall–Kier alpha value is -3.20. The van der Waals surface area contributed by atoms with Gasteiger partial charge in [0, 0.05) is 18.0 Å². The molecule has 1 aromatic heterocycles. The van der Waals surface area contributed by atoms with E-state index in [2.05, 4.69) is 34.6 Å². The van der Waals surface area contributed by atoms with Gasteiger partial charge in [-0.05, 0) is 61.5 Å². The molecule has 3 aromatic rings. The van der Waals surface area contributed by atoms with Crippen molar-refractivity contribution in [2.24, 2.45) is 0 Å². The second-order valence-electron chi connectivity index (χ2n) is 10.5. The Morgan fingerprint density at radius 3 is 2.26 bits per heavy atom. The molecule has 9 heteroatoms. The first-order valence-electron chi connectivity index (χ1n) is 12.5. The molecule has 0 bridgehead atoms. The van der Waals surface area contributed by atoms with Gasteiger partial charge in [-0.2, -0.15) is 0 Å². The van der Waals surface area contributed by atoms with E-state index < -0.39 is 30.2 Å². The molecule has 6 nitrogen and oxygen atoms in total. The fourth-order valence-corrected chi connectivity index (χ4v) is 4.92. The number of amides is 1. The van der Waals surface area contributed by atoms with E-state index in [1.807, 2.05) is 52.0 Å². The van der Waals surface area contributed by atoms with E-state index in [9.17, 15) is 9.18 Å². The number of nitrogens with zero attached hydrogens (tertiary/aromatic N) is 1. The first-order chi connectivity index (χ1) is 18.1. The number of aromatic nitrogens is 1. The molecule has 0 spiro atoms. The average molecular weight is 535 g/mol. The van der Waals surface area contributed by atoms with Crippen molar-refractivity contribution >= 4 is 30.9 Å². The molecular weight excluding hydrogens is 506 g/mol. The fraction of sp³-hybridized carbons (Fsp3) is 0.310. The molecule has 2 heterocycles. The van der Waals surface area contributed by atoms with E-state index in [0.29, 0.717) is 5.47 Å². The maximum absolute atomic E-state index is 14.5. The molecule has 0 radical (unpaired) electrons. The SMILES string of the molecule is CC1(C)OB(C(=Cc2cc(Cl)ncc2F)CNC(=O)OCC2c3ccccc3-c3ccccc32)OC1(C)C. The summed E-state index contributed by atoms with van der Waals surface area (Å²) >= 11 is 5.99. The predicted molar refractivity (Wildman–Crippen MR) is 146 cm³/mol. The van der Waals surface area contributed by atoms with Crippen LogP contribution in [-0.2, 0) is 14.0 Å². The van der Waals surface area contributed by atoms with Crippen LogP contribution in [0.3, 0.4) is 0 Å². The Kier molecular flexibility index (Phi) is 7.07. The lowest BCUT2D eigenvalue weighted by atomic mass is 9.77. The maximum Gasteiger partial charge on any atom is 0.492 e. The summed E-state index contributed by atoms with van der Waals surface area (Å²) in [6.07, 6.45) is 2.02. The number of nitrogens with one attached hydrogen (secondary N) is 1. The second-order valence-corrected chi connectivity index (χ2v) is 10.9. The van der Waals surface area contributed by atoms with Crippen LogP contribution >= 0.6 is 11.6 Å². The molecule has 2 aliphatic rings. The van der Waals surface area contributed by atoms with Gasteiger partial charge in [0.05, 0.1) is 17.4 Å². The molecule has 0 saturated carbocycles. The quantitative estimate of drug-likeness (QED) is 0.292. The standard InChI is InChI=1S/C29H29BClFN2O4/c1-28(2)29(3,4)38-30(37-28)19(13-18-14-26(31)33-16-25(18)32)15-34-27(35)36-17-24-22-11-7-5-9-20(22)21-10-6-8-12-23(21)24/h5-14,16,24H,15,17H2,1-4H3,(H,34,35). The van der Waals surface area contributed by atoms with Crippen LogP contribution in [0.4, 0.5) is 9.18 Å². The number of pyridine rings is 1. The minimum absolute atomic E-state index is 0.0207. The second kappa shape index (κ2) is 10.2. The zero-order chi connectivity index (χ0) is 27.1. The van der Waals surface area contributed by atoms with Gasteiger partial charge in [-0.1, -0.05) is 66.2 Å². The highest BCUT2D eigenvalue weighted by Crippen LogP contribution is 2.44. The minimum Gasteiger partial charge on any atom is -0.449 e. The molecular formula is C29H29BClFN2O4. The Morgan fingerprint density at radius 1 is 1.08 bits per heavy atom. The van der Waals surface area contributed by atoms with Crippen molar-refractivity contribution in [1.82, 2.24) is 10.3 Å². The highest BCUT2D eigenvalue weighted by molar-refractivity contribution is 6.56. The molecule has 1 saturated heterocycles. The maximum atomic E-state index is 14.5. The first kappa shape index (κ1) is 26.4. The van der Waals surface area contributed by atoms with Gasteiger partial charge in [0.25, 0.3) is 0 Å². The van der Waals surface area contributed by atoms with Crippen LogP contribution in [0.5, 0.6) is 0 Å². The van der Waals surface area contributed by atoms with Gasteiger partial charge in [0.1, 0.15) is 17.6 Å². The number of hydrogen-bond donors (Lipinski definition) is 1. The molecule has 0 unspecified atom stereocenters. The third-order valence-electron chi connectivity index (χ3n) is 7.53. The fourth-order valence-electron chi connectivity index (χ4n) is 4.76. The molecule has 1 aliphatic carbocycles. The van der Waals surface area contributed by atoms with Crippen LogP contribution < -0.4 is 5.32 Å². The van der Waals surface area contributed by atoms with Crippen LogP contribution in [-0.4, -0.2) is 42.5 Å². The van der Waals surface area contributed by atoms with Crippen molar-refractivity contribution in [3.63, 3.8) is 0 Å². The van der Waals surface area contributed by atoms with Gasteiger partial charge in [-0.3, -0.25) is 0 Å². The van der Waals surface area contributed by atoms with Gasteiger partial charge in [-0.15, -0.1) is 0 Å². The summed E-state index contributed by atoms with van der Waals surface area (Å²) in [7, 11) is -0.805. The molecule has 38 heavy (non-hydrogen) atoms. The number of hydrogen-bond acceptors (Lipinski definition) is 5. The minimum atomic E-state index is -0.805. The number of carbonyl (C=O) groups is 1. The number of halogens is 2. The number of benzene rings is 2. The molecule has 2 aromatic carbocycles. The number of ether oxygens (including phenoxy) is 1. The largest absolute Gasteiger partial charge is 0.492 e. The predicted octanol–water partition coefficient (Wildman–Crippen LogP) is 6.43. The number of rotatable bonds is 6. The summed E-state index contributed by atoms with van der Waals surface area (Å²) in [4.78, 5) is 16.6. The lowest BCUT2D eigenvalue weighted by Crippen LogP contribution is -2.41. The van der Waals surface area contributed by atoms with Crippen molar-refractivity contribution < 1.29 is 23.2 Å². The molecule has 0 atom stereocenters. The first-order valence-corrected chi connectivity index (χ1v) is 12.9. The van der Waals surface area contributed by atoms with Crippen molar-refractivity contribution in [1.29, 1.82) is 0 Å². The van der Waals surface area contributed by atoms with E-state index in [0.717, 1.165) is 28.5 Å². The zero-order valence-corrected chi connectivity index (χ0v) is 22.5. The number of alkyl carbamates (subject to hydrolysis) is 1. The number of fused-ring (bicyclic) bond motifs is 3. The van der Waals surface area contributed by atoms with Crippen molar-refractivity contribution in [3.05, 3.63) is 93.9 Å². The van der Waals surface area contributed by atoms with Crippen molar-refractivity contribution in [3.8, 4) is 11.1 Å². The third kappa shape index (κ3) is 5.08. The van der Waals surface area contributed by atoms with E-state index in [4.69, 9.17) is 25.6 Å². The summed E-state index contributed by atoms with van der Waals surface area (Å²) in [5, 5.41) is 2.93. The van der Waals surface area contributed by atoms with Gasteiger partial charge >= 0.3 is 13.2 Å². The molecule has 1 N–H and O–H groups in total. The lowest BCUT2D eigenvalue weighted by molar-refractivity contribution is 0.00578. The smallest absolute Gasteiger partial charge is 0.449 e. The molecule has 1 amide bonds. The molecule has 196 valence electrons. The average Bonchev–Trinajstić information content (AvgIpc) is 3.31. The summed E-state index contributed by atoms with van der Waals surface area (Å²) < 4.78 is 32.5. The normalized spacial score (nSPS) is 17.7. The van der Waals surface area contributed by atoms with Crippen LogP contribution in [0, 0.1) is 5.82 Å². The third-order valence-corrected chi connectivity index (χ3v) is 7.74. The van der Waals surface area contributed by atoms with E-state index in [1.165, 1.54) is 6.07 Å². The molecule has 5 rings (SSSR count). The van der Waals surface area contributed by atoms with E-state index in [-0.39, 0.29) is 29.8 Å². The Morgan fingerprint density at radius 2 is 1.66 bits per heavy atom. The molecule has 1 aliphatic heterocycles. The Bertz CT molecular complexity index is 1350. The Labute approximate surface area is 227 Å². The van der Waals surface area contributed by atoms with Crippen LogP contribution in [0.1, 0.15) is 50.3 Å². The van der Waals surface area contributed by atoms with E-state index >= 15 is 0 Å². The van der Waals surface area contributed by atoms with Crippen LogP contribution in [0.15, 0.2) is 66.3 Å². The lowest BCUT2D eigenvalue weighted by Gasteiger charge is -2.32. The van der Waals surface area contributed by atoms with Crippen molar-refractivity contribution in [2.75, 3.05) is 13.2 Å². The van der Waals surface area contributed by atoms with Crippen molar-refractivity contribution in [2.45, 2.75) is 44.8 Å². The summed E-state index contributed by atoms with van der Waals surface area (Å²) in [6.45, 7) is 7.90. The van der Waals surface area contributed by atoms with Gasteiger partial charge < -0.3 is 19.4 Å². The van der Waals surface area contributed by atoms with E-state index in [1.54, 1.807) is 6.08 Å². The van der Waals surface area contributed by atoms with Gasteiger partial charge in [0.15, 0.2) is 0 Å². The Balaban J connectivity index is 1.31. The number of carbonyl (C=O) groups excluding carboxylic acids is 1. The van der Waals surface area contributed by atoms with Crippen LogP contribution in [0.25, 0.3) is 17.2 Å².